The van der Waals surface area contributed by atoms with Crippen molar-refractivity contribution in [2.45, 2.75) is 0 Å². The first-order valence-electron chi connectivity index (χ1n) is 30.5. The molecular weight excluding hydrogens is 967 g/mol. The molecule has 0 aliphatic rings. The summed E-state index contributed by atoms with van der Waals surface area (Å²) in [6.07, 6.45) is 0. The summed E-state index contributed by atoms with van der Waals surface area (Å²) in [5.41, 5.74) is 10.8. The van der Waals surface area contributed by atoms with Crippen LogP contribution in [-0.2, 0) is 0 Å². The minimum absolute atomic E-state index is 0.0385. The number of para-hydroxylation sites is 5. The Morgan fingerprint density at radius 3 is 1.63 bits per heavy atom. The van der Waals surface area contributed by atoms with Gasteiger partial charge in [-0.15, -0.1) is 0 Å². The van der Waals surface area contributed by atoms with E-state index in [0.717, 1.165) is 82.4 Å². The third-order valence-corrected chi connectivity index (χ3v) is 15.3. The fraction of sp³-hybridized carbons (Fsp3) is 0. The Kier molecular flexibility index (Phi) is 7.67. The summed E-state index contributed by atoms with van der Waals surface area (Å²) in [7, 11) is 0. The molecule has 4 heterocycles. The molecule has 0 saturated heterocycles. The van der Waals surface area contributed by atoms with Crippen molar-refractivity contribution in [1.82, 2.24) is 4.40 Å². The van der Waals surface area contributed by atoms with Crippen LogP contribution >= 0.6 is 0 Å². The van der Waals surface area contributed by atoms with E-state index in [1.165, 1.54) is 0 Å². The van der Waals surface area contributed by atoms with Crippen LogP contribution in [0.1, 0.15) is 19.3 Å². The second-order valence-electron chi connectivity index (χ2n) is 19.4. The lowest BCUT2D eigenvalue weighted by atomic mass is 10.0. The van der Waals surface area contributed by atoms with E-state index < -0.39 is 36.3 Å². The lowest BCUT2D eigenvalue weighted by Gasteiger charge is -2.26. The molecule has 0 saturated carbocycles. The van der Waals surface area contributed by atoms with Crippen molar-refractivity contribution >= 4 is 133 Å². The molecule has 16 rings (SSSR count). The highest BCUT2D eigenvalue weighted by atomic mass is 16.3. The first-order valence-corrected chi connectivity index (χ1v) is 25.5. The quantitative estimate of drug-likeness (QED) is 0.142. The van der Waals surface area contributed by atoms with Crippen molar-refractivity contribution in [2.24, 2.45) is 0 Å². The standard InChI is InChI=1S/C72H41N5O2/c1-74-49-31-36-50(37-32-49)75(64-26-12-23-58-56-21-10-19-53(69(56)78-71(58)64)45-14-4-2-5-15-45)52-35-30-47-41-61-55-38-39-63(67-60-18-8-9-25-62(60)77(68(55)67)66(61)42-48(47)40-52)76(51-33-28-44(43-73)29-34-51)65-27-13-24-59-57-22-11-20-54(70(57)79-72(59)65)46-16-6-3-7-17-46/h2-42H/i2D,3D,4D,5D,6D,7D,14D,15D,16D,17D. The van der Waals surface area contributed by atoms with Gasteiger partial charge in [0.15, 0.2) is 16.9 Å². The van der Waals surface area contributed by atoms with Gasteiger partial charge in [-0.1, -0.05) is 164 Å². The molecule has 4 aromatic heterocycles. The average Bonchev–Trinajstić information content (AvgIpc) is 1.63. The van der Waals surface area contributed by atoms with Crippen LogP contribution in [-0.4, -0.2) is 4.40 Å². The third kappa shape index (κ3) is 6.64. The van der Waals surface area contributed by atoms with Crippen LogP contribution < -0.4 is 9.80 Å². The predicted octanol–water partition coefficient (Wildman–Crippen LogP) is 20.5. The third-order valence-electron chi connectivity index (χ3n) is 15.3. The van der Waals surface area contributed by atoms with Gasteiger partial charge in [-0.3, -0.25) is 0 Å². The van der Waals surface area contributed by atoms with Gasteiger partial charge in [0.25, 0.3) is 0 Å². The molecule has 0 aliphatic carbocycles. The summed E-state index contributed by atoms with van der Waals surface area (Å²) in [5, 5.41) is 18.8. The van der Waals surface area contributed by atoms with E-state index in [1.54, 1.807) is 48.5 Å². The number of aromatic nitrogens is 1. The van der Waals surface area contributed by atoms with Gasteiger partial charge in [-0.25, -0.2) is 4.85 Å². The number of hydrogen-bond acceptors (Lipinski definition) is 5. The SMILES string of the molecule is [2H]c1c([2H])c([2H])c(-c2cccc3c2oc2c(N(c4ccc([N+]#[C-])cc4)c4ccc5cc6c7ccc(N(c8ccc(C#N)cc8)c8cccc9c8oc8c(-c%10c([2H])c([2H])c([2H])c([2H])c%10[2H])cccc89)c8c9ccccc9n(c6cc5c4)c78)cccc23)c([2H])c1[2H]. The fourth-order valence-corrected chi connectivity index (χ4v) is 11.9. The Bertz CT molecular complexity index is 5810. The maximum absolute atomic E-state index is 10.0. The summed E-state index contributed by atoms with van der Waals surface area (Å²) < 4.78 is 102. The van der Waals surface area contributed by atoms with E-state index in [1.807, 2.05) is 84.9 Å². The molecule has 12 aromatic carbocycles. The van der Waals surface area contributed by atoms with Crippen LogP contribution in [0.3, 0.4) is 0 Å². The van der Waals surface area contributed by atoms with E-state index >= 15 is 0 Å². The van der Waals surface area contributed by atoms with Crippen molar-refractivity contribution in [1.29, 1.82) is 5.26 Å². The first-order chi connectivity index (χ1) is 43.2. The fourth-order valence-electron chi connectivity index (χ4n) is 11.9. The largest absolute Gasteiger partial charge is 0.453 e. The Morgan fingerprint density at radius 1 is 0.443 bits per heavy atom. The number of furan rings is 2. The number of nitriles is 1. The zero-order valence-corrected chi connectivity index (χ0v) is 41.5. The Balaban J connectivity index is 0.902. The van der Waals surface area contributed by atoms with Crippen molar-refractivity contribution in [2.75, 3.05) is 9.80 Å². The number of nitrogens with zero attached hydrogens (tertiary/aromatic N) is 5. The molecule has 0 spiro atoms. The maximum atomic E-state index is 10.0. The molecule has 0 bridgehead atoms. The highest BCUT2D eigenvalue weighted by Gasteiger charge is 2.28. The average molecular weight is 1020 g/mol. The van der Waals surface area contributed by atoms with Gasteiger partial charge in [0, 0.05) is 71.3 Å². The lowest BCUT2D eigenvalue weighted by Crippen LogP contribution is -2.10. The molecule has 79 heavy (non-hydrogen) atoms. The number of benzene rings is 12. The molecule has 366 valence electrons. The van der Waals surface area contributed by atoms with E-state index in [0.29, 0.717) is 66.9 Å². The number of hydrogen-bond donors (Lipinski definition) is 0. The molecule has 0 aliphatic heterocycles. The monoisotopic (exact) mass is 1020 g/mol. The molecule has 0 fully saturated rings. The van der Waals surface area contributed by atoms with Gasteiger partial charge in [-0.05, 0) is 107 Å². The van der Waals surface area contributed by atoms with Crippen LogP contribution in [0.4, 0.5) is 39.8 Å². The molecule has 7 heteroatoms. The van der Waals surface area contributed by atoms with Crippen molar-refractivity contribution in [3.8, 4) is 28.3 Å². The van der Waals surface area contributed by atoms with E-state index in [-0.39, 0.29) is 35.3 Å². The second kappa shape index (κ2) is 17.2. The molecule has 0 N–H and O–H groups in total. The van der Waals surface area contributed by atoms with E-state index in [2.05, 4.69) is 79.7 Å². The normalized spacial score (nSPS) is 13.5. The zero-order valence-electron chi connectivity index (χ0n) is 51.5. The lowest BCUT2D eigenvalue weighted by molar-refractivity contribution is 0.670. The van der Waals surface area contributed by atoms with Crippen molar-refractivity contribution in [3.63, 3.8) is 0 Å². The maximum Gasteiger partial charge on any atom is 0.187 e. The molecule has 7 nitrogen and oxygen atoms in total. The van der Waals surface area contributed by atoms with Gasteiger partial charge < -0.3 is 23.0 Å². The summed E-state index contributed by atoms with van der Waals surface area (Å²) in [4.78, 5) is 7.90. The first kappa shape index (κ1) is 35.2. The smallest absolute Gasteiger partial charge is 0.187 e. The highest BCUT2D eigenvalue weighted by Crippen LogP contribution is 2.51. The minimum Gasteiger partial charge on any atom is -0.453 e. The van der Waals surface area contributed by atoms with E-state index in [4.69, 9.17) is 29.1 Å². The molecular formula is C72H41N5O2. The van der Waals surface area contributed by atoms with Gasteiger partial charge >= 0.3 is 0 Å². The van der Waals surface area contributed by atoms with Gasteiger partial charge in [-0.2, -0.15) is 5.26 Å². The molecule has 16 aromatic rings. The zero-order chi connectivity index (χ0) is 61.0. The second-order valence-corrected chi connectivity index (χ2v) is 19.4. The van der Waals surface area contributed by atoms with Gasteiger partial charge in [0.05, 0.1) is 65.5 Å². The van der Waals surface area contributed by atoms with Gasteiger partial charge in [0.2, 0.25) is 0 Å². The Hall–Kier alpha value is -11.1. The number of anilines is 6. The Morgan fingerprint density at radius 2 is 1.00 bits per heavy atom. The Labute approximate surface area is 466 Å². The summed E-state index contributed by atoms with van der Waals surface area (Å²) in [6, 6.07) is 58.8. The minimum atomic E-state index is -0.481. The van der Waals surface area contributed by atoms with Crippen LogP contribution in [0.15, 0.2) is 257 Å². The molecule has 0 amide bonds. The van der Waals surface area contributed by atoms with Crippen molar-refractivity contribution < 1.29 is 22.5 Å². The summed E-state index contributed by atoms with van der Waals surface area (Å²) >= 11 is 0. The van der Waals surface area contributed by atoms with Gasteiger partial charge in [0.1, 0.15) is 11.2 Å². The highest BCUT2D eigenvalue weighted by molar-refractivity contribution is 6.29. The van der Waals surface area contributed by atoms with Crippen LogP contribution in [0.5, 0.6) is 0 Å². The van der Waals surface area contributed by atoms with Crippen molar-refractivity contribution in [3.05, 3.63) is 265 Å². The molecule has 0 unspecified atom stereocenters. The van der Waals surface area contributed by atoms with Crippen LogP contribution in [0.25, 0.3) is 120 Å². The van der Waals surface area contributed by atoms with Crippen LogP contribution in [0.2, 0.25) is 0 Å². The summed E-state index contributed by atoms with van der Waals surface area (Å²) in [5.74, 6) is 0. The number of fused-ring (bicyclic) bond motifs is 13. The predicted molar refractivity (Wildman–Crippen MR) is 324 cm³/mol. The topological polar surface area (TPSA) is 65.3 Å². The van der Waals surface area contributed by atoms with E-state index in [9.17, 15) is 5.26 Å². The number of rotatable bonds is 8. The summed E-state index contributed by atoms with van der Waals surface area (Å²) in [6.45, 7) is 7.78. The molecule has 0 radical (unpaired) electrons. The van der Waals surface area contributed by atoms with Crippen LogP contribution in [0, 0.1) is 17.9 Å². The molecule has 0 atom stereocenters.